The second kappa shape index (κ2) is 10.9. The monoisotopic (exact) mass is 577 g/mol. The SMILES string of the molecule is Cc1cc(F)ccc1-c1cc(C2=CC[CH]CC2)ncc1N(C)C(=O)C(C)(C)c1cc(C(F)(F)F)cc(C(F)(F)F)c1. The van der Waals surface area contributed by atoms with Crippen LogP contribution >= 0.6 is 0 Å². The number of likely N-dealkylation sites (N-methyl/N-ethyl adjacent to an activating group) is 1. The van der Waals surface area contributed by atoms with E-state index in [1.807, 2.05) is 6.08 Å². The fourth-order valence-corrected chi connectivity index (χ4v) is 4.94. The van der Waals surface area contributed by atoms with Gasteiger partial charge < -0.3 is 4.90 Å². The number of rotatable bonds is 5. The Balaban J connectivity index is 1.84. The maximum Gasteiger partial charge on any atom is 0.416 e. The minimum absolute atomic E-state index is 0.0313. The van der Waals surface area contributed by atoms with E-state index in [0.29, 0.717) is 34.5 Å². The van der Waals surface area contributed by atoms with Crippen molar-refractivity contribution in [3.8, 4) is 11.1 Å². The molecule has 0 aliphatic heterocycles. The molecule has 3 aromatic rings. The highest BCUT2D eigenvalue weighted by Crippen LogP contribution is 2.41. The van der Waals surface area contributed by atoms with Gasteiger partial charge in [-0.05, 0) is 105 Å². The summed E-state index contributed by atoms with van der Waals surface area (Å²) in [5.74, 6) is -1.21. The van der Waals surface area contributed by atoms with Crippen LogP contribution in [0.1, 0.15) is 61.1 Å². The van der Waals surface area contributed by atoms with E-state index < -0.39 is 46.2 Å². The molecule has 0 bridgehead atoms. The molecule has 10 heteroatoms. The van der Waals surface area contributed by atoms with Crippen molar-refractivity contribution >= 4 is 17.2 Å². The standard InChI is InChI=1S/C31H28F7N2O/c1-18-12-23(32)10-11-24(18)25-16-26(19-8-6-5-7-9-19)39-17-27(25)40(4)28(41)29(2,3)20-13-21(30(33,34)35)15-22(14-20)31(36,37)38/h5,8,10-17H,6-7,9H2,1-4H3. The van der Waals surface area contributed by atoms with Crippen molar-refractivity contribution in [2.75, 3.05) is 11.9 Å². The zero-order valence-corrected chi connectivity index (χ0v) is 22.8. The average molecular weight is 578 g/mol. The van der Waals surface area contributed by atoms with Gasteiger partial charge in [-0.1, -0.05) is 12.1 Å². The quantitative estimate of drug-likeness (QED) is 0.284. The first-order valence-corrected chi connectivity index (χ1v) is 12.9. The van der Waals surface area contributed by atoms with Gasteiger partial charge in [0.2, 0.25) is 5.91 Å². The molecule has 0 spiro atoms. The lowest BCUT2D eigenvalue weighted by Crippen LogP contribution is -2.42. The van der Waals surface area contributed by atoms with E-state index in [1.54, 1.807) is 19.1 Å². The summed E-state index contributed by atoms with van der Waals surface area (Å²) in [6.45, 7) is 4.25. The highest BCUT2D eigenvalue weighted by atomic mass is 19.4. The number of aromatic nitrogens is 1. The van der Waals surface area contributed by atoms with Gasteiger partial charge in [0.05, 0.1) is 34.1 Å². The first-order valence-electron chi connectivity index (χ1n) is 12.9. The van der Waals surface area contributed by atoms with Crippen LogP contribution in [-0.4, -0.2) is 17.9 Å². The summed E-state index contributed by atoms with van der Waals surface area (Å²) in [7, 11) is 1.39. The molecular formula is C31H28F7N2O. The molecule has 2 aromatic carbocycles. The highest BCUT2D eigenvalue weighted by molar-refractivity contribution is 6.03. The van der Waals surface area contributed by atoms with Crippen LogP contribution in [0, 0.1) is 19.2 Å². The fourth-order valence-electron chi connectivity index (χ4n) is 4.94. The molecule has 0 N–H and O–H groups in total. The Morgan fingerprint density at radius 3 is 2.02 bits per heavy atom. The normalized spacial score (nSPS) is 14.6. The highest BCUT2D eigenvalue weighted by Gasteiger charge is 2.41. The van der Waals surface area contributed by atoms with E-state index in [-0.39, 0.29) is 11.8 Å². The number of anilines is 1. The van der Waals surface area contributed by atoms with Crippen LogP contribution in [0.2, 0.25) is 0 Å². The molecule has 0 saturated carbocycles. The molecular weight excluding hydrogens is 549 g/mol. The lowest BCUT2D eigenvalue weighted by Gasteiger charge is -2.32. The van der Waals surface area contributed by atoms with Crippen molar-refractivity contribution in [3.63, 3.8) is 0 Å². The molecule has 41 heavy (non-hydrogen) atoms. The third-order valence-corrected chi connectivity index (χ3v) is 7.35. The largest absolute Gasteiger partial charge is 0.416 e. The van der Waals surface area contributed by atoms with E-state index >= 15 is 0 Å². The molecule has 1 aliphatic rings. The first kappa shape index (κ1) is 30.3. The molecule has 1 radical (unpaired) electrons. The summed E-state index contributed by atoms with van der Waals surface area (Å²) in [4.78, 5) is 19.6. The van der Waals surface area contributed by atoms with Crippen LogP contribution in [-0.2, 0) is 22.6 Å². The molecule has 1 aromatic heterocycles. The van der Waals surface area contributed by atoms with Crippen LogP contribution in [0.3, 0.4) is 0 Å². The smallest absolute Gasteiger partial charge is 0.313 e. The zero-order chi connectivity index (χ0) is 30.3. The summed E-state index contributed by atoms with van der Waals surface area (Å²) in [5, 5.41) is 0. The van der Waals surface area contributed by atoms with Gasteiger partial charge in [0.25, 0.3) is 0 Å². The number of carbonyl (C=O) groups excluding carboxylic acids is 1. The van der Waals surface area contributed by atoms with E-state index in [4.69, 9.17) is 0 Å². The van der Waals surface area contributed by atoms with Crippen molar-refractivity contribution in [1.82, 2.24) is 4.98 Å². The van der Waals surface area contributed by atoms with Crippen LogP contribution in [0.25, 0.3) is 16.7 Å². The number of nitrogens with zero attached hydrogens (tertiary/aromatic N) is 2. The van der Waals surface area contributed by atoms with Crippen LogP contribution in [0.5, 0.6) is 0 Å². The molecule has 3 nitrogen and oxygen atoms in total. The van der Waals surface area contributed by atoms with Crippen LogP contribution in [0.15, 0.2) is 54.7 Å². The van der Waals surface area contributed by atoms with Crippen molar-refractivity contribution in [2.45, 2.75) is 57.8 Å². The second-order valence-electron chi connectivity index (χ2n) is 10.6. The van der Waals surface area contributed by atoms with Gasteiger partial charge >= 0.3 is 12.4 Å². The molecule has 1 amide bonds. The van der Waals surface area contributed by atoms with E-state index in [0.717, 1.165) is 24.8 Å². The predicted octanol–water partition coefficient (Wildman–Crippen LogP) is 8.95. The van der Waals surface area contributed by atoms with Crippen molar-refractivity contribution in [3.05, 3.63) is 94.9 Å². The van der Waals surface area contributed by atoms with Crippen LogP contribution in [0.4, 0.5) is 36.4 Å². The molecule has 1 aliphatic carbocycles. The van der Waals surface area contributed by atoms with Gasteiger partial charge in [0, 0.05) is 12.6 Å². The van der Waals surface area contributed by atoms with Crippen molar-refractivity contribution in [1.29, 1.82) is 0 Å². The number of hydrogen-bond donors (Lipinski definition) is 0. The van der Waals surface area contributed by atoms with Crippen molar-refractivity contribution in [2.24, 2.45) is 0 Å². The zero-order valence-electron chi connectivity index (χ0n) is 22.8. The lowest BCUT2D eigenvalue weighted by molar-refractivity contribution is -0.143. The average Bonchev–Trinajstić information content (AvgIpc) is 2.91. The maximum atomic E-state index is 13.9. The number of halogens is 7. The number of aryl methyl sites for hydroxylation is 1. The van der Waals surface area contributed by atoms with E-state index in [1.165, 1.54) is 44.1 Å². The summed E-state index contributed by atoms with van der Waals surface area (Å²) < 4.78 is 95.2. The Labute approximate surface area is 233 Å². The number of amides is 1. The van der Waals surface area contributed by atoms with Gasteiger partial charge in [-0.15, -0.1) is 0 Å². The minimum Gasteiger partial charge on any atom is -0.313 e. The topological polar surface area (TPSA) is 33.2 Å². The number of carbonyl (C=O) groups is 1. The van der Waals surface area contributed by atoms with Gasteiger partial charge in [0.15, 0.2) is 0 Å². The summed E-state index contributed by atoms with van der Waals surface area (Å²) in [6.07, 6.45) is -2.09. The maximum absolute atomic E-state index is 13.9. The summed E-state index contributed by atoms with van der Waals surface area (Å²) >= 11 is 0. The number of benzene rings is 2. The first-order chi connectivity index (χ1) is 19.0. The molecule has 4 rings (SSSR count). The number of hydrogen-bond acceptors (Lipinski definition) is 2. The molecule has 1 heterocycles. The Bertz CT molecular complexity index is 1470. The Morgan fingerprint density at radius 1 is 0.878 bits per heavy atom. The predicted molar refractivity (Wildman–Crippen MR) is 143 cm³/mol. The van der Waals surface area contributed by atoms with Crippen LogP contribution < -0.4 is 4.90 Å². The van der Waals surface area contributed by atoms with Gasteiger partial charge in [0.1, 0.15) is 5.82 Å². The summed E-state index contributed by atoms with van der Waals surface area (Å²) in [5.41, 5.74) is -1.62. The Kier molecular flexibility index (Phi) is 8.08. The number of allylic oxidation sites excluding steroid dienone is 2. The lowest BCUT2D eigenvalue weighted by atomic mass is 9.81. The third kappa shape index (κ3) is 6.31. The molecule has 0 fully saturated rings. The van der Waals surface area contributed by atoms with E-state index in [9.17, 15) is 35.5 Å². The third-order valence-electron chi connectivity index (χ3n) is 7.35. The Morgan fingerprint density at radius 2 is 1.49 bits per heavy atom. The molecule has 0 unspecified atom stereocenters. The second-order valence-corrected chi connectivity index (χ2v) is 10.6. The Hall–Kier alpha value is -3.69. The molecule has 0 saturated heterocycles. The summed E-state index contributed by atoms with van der Waals surface area (Å²) in [6, 6.07) is 7.11. The fraction of sp³-hybridized carbons (Fsp3) is 0.323. The van der Waals surface area contributed by atoms with Crippen molar-refractivity contribution < 1.29 is 35.5 Å². The van der Waals surface area contributed by atoms with Gasteiger partial charge in [-0.25, -0.2) is 4.39 Å². The molecule has 217 valence electrons. The van der Waals surface area contributed by atoms with E-state index in [2.05, 4.69) is 11.4 Å². The van der Waals surface area contributed by atoms with Gasteiger partial charge in [-0.2, -0.15) is 26.3 Å². The number of pyridine rings is 1. The molecule has 0 atom stereocenters. The minimum atomic E-state index is -5.06. The number of alkyl halides is 6. The van der Waals surface area contributed by atoms with Gasteiger partial charge in [-0.3, -0.25) is 9.78 Å².